The molecule has 0 bridgehead atoms. The monoisotopic (exact) mass is 239 g/mol. The van der Waals surface area contributed by atoms with Gasteiger partial charge in [0.1, 0.15) is 0 Å². The van der Waals surface area contributed by atoms with Crippen LogP contribution in [-0.2, 0) is 4.79 Å². The summed E-state index contributed by atoms with van der Waals surface area (Å²) < 4.78 is 0. The van der Waals surface area contributed by atoms with E-state index in [1.54, 1.807) is 0 Å². The van der Waals surface area contributed by atoms with Gasteiger partial charge in [-0.2, -0.15) is 0 Å². The molecule has 17 heavy (non-hydrogen) atoms. The first-order valence-corrected chi connectivity index (χ1v) is 6.93. The molecule has 0 aromatic rings. The van der Waals surface area contributed by atoms with Gasteiger partial charge in [0.25, 0.3) is 0 Å². The average molecular weight is 239 g/mol. The van der Waals surface area contributed by atoms with Crippen molar-refractivity contribution in [1.29, 1.82) is 0 Å². The van der Waals surface area contributed by atoms with Gasteiger partial charge in [0.15, 0.2) is 0 Å². The van der Waals surface area contributed by atoms with Crippen molar-refractivity contribution in [2.45, 2.75) is 50.6 Å². The maximum absolute atomic E-state index is 12.5. The molecule has 98 valence electrons. The molecule has 1 aliphatic heterocycles. The summed E-state index contributed by atoms with van der Waals surface area (Å²) in [5, 5.41) is 3.19. The van der Waals surface area contributed by atoms with E-state index in [1.165, 1.54) is 0 Å². The van der Waals surface area contributed by atoms with E-state index in [2.05, 4.69) is 10.2 Å². The number of nitrogens with two attached hydrogens (primary N) is 1. The molecule has 0 radical (unpaired) electrons. The van der Waals surface area contributed by atoms with Crippen LogP contribution in [0.25, 0.3) is 0 Å². The van der Waals surface area contributed by atoms with Crippen molar-refractivity contribution >= 4 is 5.91 Å². The summed E-state index contributed by atoms with van der Waals surface area (Å²) in [6, 6.07) is 0.647. The first-order chi connectivity index (χ1) is 8.22. The van der Waals surface area contributed by atoms with E-state index in [9.17, 15) is 4.79 Å². The minimum Gasteiger partial charge on any atom is -0.338 e. The zero-order valence-electron chi connectivity index (χ0n) is 10.8. The van der Waals surface area contributed by atoms with Crippen molar-refractivity contribution < 1.29 is 4.79 Å². The highest BCUT2D eigenvalue weighted by atomic mass is 16.2. The summed E-state index contributed by atoms with van der Waals surface area (Å²) in [7, 11) is 1.96. The lowest BCUT2D eigenvalue weighted by atomic mass is 9.85. The van der Waals surface area contributed by atoms with Crippen LogP contribution in [0.5, 0.6) is 0 Å². The summed E-state index contributed by atoms with van der Waals surface area (Å²) in [6.45, 7) is 1.86. The Morgan fingerprint density at radius 2 is 2.18 bits per heavy atom. The molecule has 3 atom stereocenters. The molecule has 0 aromatic carbocycles. The normalized spacial score (nSPS) is 34.0. The van der Waals surface area contributed by atoms with Crippen LogP contribution in [0, 0.1) is 5.92 Å². The minimum atomic E-state index is 0.191. The number of nitrogens with zero attached hydrogens (tertiary/aromatic N) is 1. The third-order valence-electron chi connectivity index (χ3n) is 4.16. The molecule has 1 saturated carbocycles. The molecule has 4 heteroatoms. The maximum Gasteiger partial charge on any atom is 0.226 e. The zero-order chi connectivity index (χ0) is 12.3. The first-order valence-electron chi connectivity index (χ1n) is 6.93. The molecule has 2 fully saturated rings. The Kier molecular flexibility index (Phi) is 4.40. The predicted molar refractivity (Wildman–Crippen MR) is 68.6 cm³/mol. The fraction of sp³-hybridized carbons (Fsp3) is 0.923. The van der Waals surface area contributed by atoms with E-state index >= 15 is 0 Å². The highest BCUT2D eigenvalue weighted by molar-refractivity contribution is 5.79. The third-order valence-corrected chi connectivity index (χ3v) is 4.16. The largest absolute Gasteiger partial charge is 0.338 e. The second-order valence-electron chi connectivity index (χ2n) is 5.51. The molecule has 0 unspecified atom stereocenters. The van der Waals surface area contributed by atoms with Crippen molar-refractivity contribution in [2.75, 3.05) is 20.1 Å². The van der Waals surface area contributed by atoms with Crippen LogP contribution in [0.15, 0.2) is 0 Å². The van der Waals surface area contributed by atoms with E-state index in [0.717, 1.165) is 51.6 Å². The molecule has 4 nitrogen and oxygen atoms in total. The average Bonchev–Trinajstić information content (AvgIpc) is 2.77. The molecule has 2 aliphatic rings. The highest BCUT2D eigenvalue weighted by Gasteiger charge is 2.34. The van der Waals surface area contributed by atoms with Gasteiger partial charge in [-0.15, -0.1) is 0 Å². The van der Waals surface area contributed by atoms with Crippen LogP contribution in [-0.4, -0.2) is 43.0 Å². The number of likely N-dealkylation sites (tertiary alicyclic amines) is 1. The standard InChI is InChI=1S/C13H25N3O/c1-15-9-12-6-3-7-16(12)13(17)10-4-2-5-11(14)8-10/h10-12,15H,2-9,14H2,1H3/t10-,11+,12+/m1/s1. The summed E-state index contributed by atoms with van der Waals surface area (Å²) in [5.74, 6) is 0.550. The SMILES string of the molecule is CNC[C@@H]1CCCN1C(=O)[C@@H]1CCC[C@H](N)C1. The van der Waals surface area contributed by atoms with Crippen LogP contribution in [0.1, 0.15) is 38.5 Å². The third kappa shape index (κ3) is 2.99. The van der Waals surface area contributed by atoms with E-state index in [0.29, 0.717) is 11.9 Å². The van der Waals surface area contributed by atoms with Crippen LogP contribution >= 0.6 is 0 Å². The molecule has 2 rings (SSSR count). The summed E-state index contributed by atoms with van der Waals surface area (Å²) in [5.41, 5.74) is 5.97. The van der Waals surface area contributed by atoms with Crippen molar-refractivity contribution in [1.82, 2.24) is 10.2 Å². The number of likely N-dealkylation sites (N-methyl/N-ethyl adjacent to an activating group) is 1. The minimum absolute atomic E-state index is 0.191. The molecular formula is C13H25N3O. The lowest BCUT2D eigenvalue weighted by Gasteiger charge is -2.32. The van der Waals surface area contributed by atoms with Crippen molar-refractivity contribution in [3.8, 4) is 0 Å². The van der Waals surface area contributed by atoms with Gasteiger partial charge in [-0.05, 0) is 39.2 Å². The molecule has 1 amide bonds. The van der Waals surface area contributed by atoms with Crippen LogP contribution < -0.4 is 11.1 Å². The number of hydrogen-bond donors (Lipinski definition) is 2. The van der Waals surface area contributed by atoms with Gasteiger partial charge >= 0.3 is 0 Å². The van der Waals surface area contributed by atoms with E-state index < -0.39 is 0 Å². The van der Waals surface area contributed by atoms with Gasteiger partial charge in [0, 0.05) is 31.1 Å². The highest BCUT2D eigenvalue weighted by Crippen LogP contribution is 2.28. The van der Waals surface area contributed by atoms with E-state index in [1.807, 2.05) is 7.05 Å². The lowest BCUT2D eigenvalue weighted by molar-refractivity contribution is -0.137. The molecule has 0 spiro atoms. The van der Waals surface area contributed by atoms with Gasteiger partial charge in [0.05, 0.1) is 0 Å². The van der Waals surface area contributed by atoms with Crippen molar-refractivity contribution in [3.63, 3.8) is 0 Å². The quantitative estimate of drug-likeness (QED) is 0.763. The number of hydrogen-bond acceptors (Lipinski definition) is 3. The Hall–Kier alpha value is -0.610. The van der Waals surface area contributed by atoms with Gasteiger partial charge in [-0.3, -0.25) is 4.79 Å². The molecule has 1 saturated heterocycles. The number of amides is 1. The smallest absolute Gasteiger partial charge is 0.226 e. The van der Waals surface area contributed by atoms with Crippen molar-refractivity contribution in [3.05, 3.63) is 0 Å². The van der Waals surface area contributed by atoms with Gasteiger partial charge in [-0.25, -0.2) is 0 Å². The van der Waals surface area contributed by atoms with Crippen LogP contribution in [0.4, 0.5) is 0 Å². The van der Waals surface area contributed by atoms with E-state index in [4.69, 9.17) is 5.73 Å². The Labute approximate surface area is 104 Å². The molecule has 3 N–H and O–H groups in total. The summed E-state index contributed by atoms with van der Waals surface area (Å²) >= 11 is 0. The summed E-state index contributed by atoms with van der Waals surface area (Å²) in [6.07, 6.45) is 6.42. The maximum atomic E-state index is 12.5. The topological polar surface area (TPSA) is 58.4 Å². The van der Waals surface area contributed by atoms with Gasteiger partial charge in [-0.1, -0.05) is 6.42 Å². The Morgan fingerprint density at radius 1 is 1.35 bits per heavy atom. The van der Waals surface area contributed by atoms with Crippen LogP contribution in [0.2, 0.25) is 0 Å². The second-order valence-corrected chi connectivity index (χ2v) is 5.51. The lowest BCUT2D eigenvalue weighted by Crippen LogP contribution is -2.45. The molecule has 1 heterocycles. The van der Waals surface area contributed by atoms with Crippen molar-refractivity contribution in [2.24, 2.45) is 11.7 Å². The van der Waals surface area contributed by atoms with Gasteiger partial charge < -0.3 is 16.0 Å². The Bertz CT molecular complexity index is 269. The number of carbonyl (C=O) groups excluding carboxylic acids is 1. The van der Waals surface area contributed by atoms with Crippen LogP contribution in [0.3, 0.4) is 0 Å². The molecule has 1 aliphatic carbocycles. The number of carbonyl (C=O) groups is 1. The predicted octanol–water partition coefficient (Wildman–Crippen LogP) is 0.714. The fourth-order valence-corrected chi connectivity index (χ4v) is 3.26. The first kappa shape index (κ1) is 12.8. The second kappa shape index (κ2) is 5.83. The molecule has 0 aromatic heterocycles. The molecular weight excluding hydrogens is 214 g/mol. The fourth-order valence-electron chi connectivity index (χ4n) is 3.26. The number of nitrogens with one attached hydrogen (secondary N) is 1. The van der Waals surface area contributed by atoms with E-state index in [-0.39, 0.29) is 12.0 Å². The Morgan fingerprint density at radius 3 is 2.88 bits per heavy atom. The van der Waals surface area contributed by atoms with Gasteiger partial charge in [0.2, 0.25) is 5.91 Å². The number of rotatable bonds is 3. The zero-order valence-corrected chi connectivity index (χ0v) is 10.8. The summed E-state index contributed by atoms with van der Waals surface area (Å²) in [4.78, 5) is 14.6. The Balaban J connectivity index is 1.93.